The zero-order chi connectivity index (χ0) is 16.9. The highest BCUT2D eigenvalue weighted by molar-refractivity contribution is 7.17. The lowest BCUT2D eigenvalue weighted by Crippen LogP contribution is -2.44. The van der Waals surface area contributed by atoms with Crippen LogP contribution in [-0.4, -0.2) is 36.5 Å². The fourth-order valence-corrected chi connectivity index (χ4v) is 4.38. The van der Waals surface area contributed by atoms with Crippen molar-refractivity contribution in [3.05, 3.63) is 46.8 Å². The van der Waals surface area contributed by atoms with Crippen LogP contribution in [0.1, 0.15) is 41.4 Å². The van der Waals surface area contributed by atoms with E-state index in [9.17, 15) is 4.79 Å². The second kappa shape index (κ2) is 7.95. The molecular formula is C20H26N2OS. The van der Waals surface area contributed by atoms with Crippen molar-refractivity contribution in [2.45, 2.75) is 39.2 Å². The molecule has 1 aliphatic heterocycles. The zero-order valence-electron chi connectivity index (χ0n) is 14.5. The van der Waals surface area contributed by atoms with Crippen LogP contribution in [-0.2, 0) is 0 Å². The van der Waals surface area contributed by atoms with Crippen molar-refractivity contribution in [3.8, 4) is 10.4 Å². The topological polar surface area (TPSA) is 32.3 Å². The van der Waals surface area contributed by atoms with E-state index in [0.29, 0.717) is 6.04 Å². The Morgan fingerprint density at radius 3 is 2.62 bits per heavy atom. The molecule has 1 aromatic heterocycles. The maximum atomic E-state index is 12.5. The predicted molar refractivity (Wildman–Crippen MR) is 102 cm³/mol. The molecule has 24 heavy (non-hydrogen) atoms. The van der Waals surface area contributed by atoms with Gasteiger partial charge in [0.25, 0.3) is 5.91 Å². The van der Waals surface area contributed by atoms with Gasteiger partial charge in [0.05, 0.1) is 4.88 Å². The van der Waals surface area contributed by atoms with Crippen molar-refractivity contribution in [1.82, 2.24) is 10.2 Å². The largest absolute Gasteiger partial charge is 0.350 e. The maximum absolute atomic E-state index is 12.5. The quantitative estimate of drug-likeness (QED) is 0.877. The van der Waals surface area contributed by atoms with Gasteiger partial charge >= 0.3 is 0 Å². The predicted octanol–water partition coefficient (Wildman–Crippen LogP) is 4.33. The molecule has 3 nitrogen and oxygen atoms in total. The molecule has 0 aliphatic carbocycles. The molecule has 0 saturated carbocycles. The number of hydrogen-bond acceptors (Lipinski definition) is 3. The molecule has 1 fully saturated rings. The number of piperidine rings is 1. The highest BCUT2D eigenvalue weighted by Gasteiger charge is 2.18. The summed E-state index contributed by atoms with van der Waals surface area (Å²) >= 11 is 1.58. The Bertz CT molecular complexity index is 674. The van der Waals surface area contributed by atoms with E-state index in [2.05, 4.69) is 36.2 Å². The first-order chi connectivity index (χ1) is 11.6. The first-order valence-corrected chi connectivity index (χ1v) is 9.65. The Hall–Kier alpha value is -1.65. The lowest BCUT2D eigenvalue weighted by molar-refractivity contribution is 0.0934. The molecule has 1 saturated heterocycles. The van der Waals surface area contributed by atoms with E-state index < -0.39 is 0 Å². The number of amides is 1. The number of benzene rings is 1. The fourth-order valence-electron chi connectivity index (χ4n) is 3.29. The van der Waals surface area contributed by atoms with Crippen LogP contribution in [0.3, 0.4) is 0 Å². The number of nitrogens with one attached hydrogen (secondary N) is 1. The van der Waals surface area contributed by atoms with E-state index in [4.69, 9.17) is 0 Å². The number of hydrogen-bond donors (Lipinski definition) is 1. The second-order valence-electron chi connectivity index (χ2n) is 6.64. The second-order valence-corrected chi connectivity index (χ2v) is 7.70. The fraction of sp³-hybridized carbons (Fsp3) is 0.450. The standard InChI is InChI=1S/C20H26N2OS/c1-15-13-18(24-19(15)17-9-5-3-6-10-17)20(23)21-14-16(2)22-11-7-4-8-12-22/h3,5-6,9-10,13,16H,4,7-8,11-12,14H2,1-2H3,(H,21,23). The van der Waals surface area contributed by atoms with Crippen molar-refractivity contribution >= 4 is 17.2 Å². The summed E-state index contributed by atoms with van der Waals surface area (Å²) < 4.78 is 0. The molecule has 1 N–H and O–H groups in total. The van der Waals surface area contributed by atoms with E-state index in [0.717, 1.165) is 24.5 Å². The lowest BCUT2D eigenvalue weighted by atomic mass is 10.1. The number of aryl methyl sites for hydroxylation is 1. The van der Waals surface area contributed by atoms with Crippen molar-refractivity contribution in [2.24, 2.45) is 0 Å². The Morgan fingerprint density at radius 1 is 1.21 bits per heavy atom. The van der Waals surface area contributed by atoms with Gasteiger partial charge in [-0.15, -0.1) is 11.3 Å². The molecule has 1 aromatic carbocycles. The number of rotatable bonds is 5. The van der Waals surface area contributed by atoms with Crippen LogP contribution in [0.5, 0.6) is 0 Å². The number of likely N-dealkylation sites (tertiary alicyclic amines) is 1. The van der Waals surface area contributed by atoms with Crippen LogP contribution in [0.25, 0.3) is 10.4 Å². The summed E-state index contributed by atoms with van der Waals surface area (Å²) in [6.07, 6.45) is 3.90. The third-order valence-electron chi connectivity index (χ3n) is 4.75. The van der Waals surface area contributed by atoms with E-state index >= 15 is 0 Å². The highest BCUT2D eigenvalue weighted by Crippen LogP contribution is 2.32. The zero-order valence-corrected chi connectivity index (χ0v) is 15.4. The Balaban J connectivity index is 1.61. The van der Waals surface area contributed by atoms with E-state index in [-0.39, 0.29) is 5.91 Å². The first kappa shape index (κ1) is 17.2. The average molecular weight is 343 g/mol. The molecule has 4 heteroatoms. The molecule has 128 valence electrons. The smallest absolute Gasteiger partial charge is 0.261 e. The summed E-state index contributed by atoms with van der Waals surface area (Å²) in [6.45, 7) is 7.32. The Morgan fingerprint density at radius 2 is 1.92 bits per heavy atom. The van der Waals surface area contributed by atoms with Crippen molar-refractivity contribution in [1.29, 1.82) is 0 Å². The summed E-state index contributed by atoms with van der Waals surface area (Å²) in [7, 11) is 0. The Labute approximate surface area is 148 Å². The maximum Gasteiger partial charge on any atom is 0.261 e. The first-order valence-electron chi connectivity index (χ1n) is 8.83. The number of thiophene rings is 1. The van der Waals surface area contributed by atoms with Gasteiger partial charge in [0, 0.05) is 17.5 Å². The van der Waals surface area contributed by atoms with Gasteiger partial charge in [-0.25, -0.2) is 0 Å². The van der Waals surface area contributed by atoms with Gasteiger partial charge in [-0.3, -0.25) is 9.69 Å². The van der Waals surface area contributed by atoms with Crippen LogP contribution in [0.4, 0.5) is 0 Å². The van der Waals surface area contributed by atoms with Gasteiger partial charge < -0.3 is 5.32 Å². The lowest BCUT2D eigenvalue weighted by Gasteiger charge is -2.32. The molecule has 0 spiro atoms. The van der Waals surface area contributed by atoms with E-state index in [1.807, 2.05) is 24.3 Å². The van der Waals surface area contributed by atoms with Gasteiger partial charge in [0.2, 0.25) is 0 Å². The monoisotopic (exact) mass is 342 g/mol. The molecule has 1 atom stereocenters. The molecule has 0 radical (unpaired) electrons. The van der Waals surface area contributed by atoms with Gasteiger partial charge in [-0.2, -0.15) is 0 Å². The molecule has 2 aromatic rings. The molecule has 2 heterocycles. The number of carbonyl (C=O) groups is 1. The molecule has 1 aliphatic rings. The Kier molecular flexibility index (Phi) is 5.69. The number of nitrogens with zero attached hydrogens (tertiary/aromatic N) is 1. The summed E-state index contributed by atoms with van der Waals surface area (Å²) in [5.74, 6) is 0.0501. The molecule has 1 amide bonds. The molecule has 3 rings (SSSR count). The third kappa shape index (κ3) is 4.05. The minimum Gasteiger partial charge on any atom is -0.350 e. The van der Waals surface area contributed by atoms with Crippen LogP contribution in [0.2, 0.25) is 0 Å². The highest BCUT2D eigenvalue weighted by atomic mass is 32.1. The normalized spacial score (nSPS) is 16.8. The van der Waals surface area contributed by atoms with Gasteiger partial charge in [-0.1, -0.05) is 36.8 Å². The van der Waals surface area contributed by atoms with Gasteiger partial charge in [0.1, 0.15) is 0 Å². The third-order valence-corrected chi connectivity index (χ3v) is 6.03. The minimum atomic E-state index is 0.0501. The molecule has 1 unspecified atom stereocenters. The van der Waals surface area contributed by atoms with Crippen LogP contribution in [0.15, 0.2) is 36.4 Å². The summed E-state index contributed by atoms with van der Waals surface area (Å²) in [6, 6.07) is 12.7. The van der Waals surface area contributed by atoms with Gasteiger partial charge in [-0.05, 0) is 57.0 Å². The van der Waals surface area contributed by atoms with Crippen molar-refractivity contribution < 1.29 is 4.79 Å². The SMILES string of the molecule is Cc1cc(C(=O)NCC(C)N2CCCCC2)sc1-c1ccccc1. The minimum absolute atomic E-state index is 0.0501. The summed E-state index contributed by atoms with van der Waals surface area (Å²) in [5.41, 5.74) is 2.35. The number of carbonyl (C=O) groups excluding carboxylic acids is 1. The van der Waals surface area contributed by atoms with Crippen LogP contribution in [0, 0.1) is 6.92 Å². The molecule has 0 bridgehead atoms. The average Bonchev–Trinajstić information content (AvgIpc) is 3.02. The van der Waals surface area contributed by atoms with Gasteiger partial charge in [0.15, 0.2) is 0 Å². The van der Waals surface area contributed by atoms with E-state index in [1.165, 1.54) is 35.3 Å². The van der Waals surface area contributed by atoms with Crippen LogP contribution < -0.4 is 5.32 Å². The van der Waals surface area contributed by atoms with Crippen LogP contribution >= 0.6 is 11.3 Å². The van der Waals surface area contributed by atoms with Crippen molar-refractivity contribution in [2.75, 3.05) is 19.6 Å². The van der Waals surface area contributed by atoms with Crippen molar-refractivity contribution in [3.63, 3.8) is 0 Å². The summed E-state index contributed by atoms with van der Waals surface area (Å²) in [4.78, 5) is 17.0. The van der Waals surface area contributed by atoms with E-state index in [1.54, 1.807) is 11.3 Å². The summed E-state index contributed by atoms with van der Waals surface area (Å²) in [5, 5.41) is 3.12. The molecular weight excluding hydrogens is 316 g/mol.